The molecule has 0 bridgehead atoms. The fourth-order valence-electron chi connectivity index (χ4n) is 5.70. The van der Waals surface area contributed by atoms with Gasteiger partial charge < -0.3 is 19.5 Å². The molecule has 1 unspecified atom stereocenters. The number of nitrogens with zero attached hydrogens (tertiary/aromatic N) is 4. The van der Waals surface area contributed by atoms with Gasteiger partial charge >= 0.3 is 0 Å². The standard InChI is InChI=1S/C30H39N5O4S/c1-21-7-9-25(26(17-21)34-13-5-4-6-14-34)29(27-10-8-22(2)39-27)33-28(36)18-23-19-31-30(32-20-23)35-15-11-24(12-16-35)40(3,37)38/h7-10,17,19-20,24,29H,4-6,11-16,18H2,1-3H3,(H,33,36). The zero-order valence-corrected chi connectivity index (χ0v) is 24.4. The molecular formula is C30H39N5O4S. The lowest BCUT2D eigenvalue weighted by Gasteiger charge is -2.33. The number of nitrogens with one attached hydrogen (secondary N) is 1. The smallest absolute Gasteiger partial charge is 0.225 e. The minimum atomic E-state index is -3.03. The van der Waals surface area contributed by atoms with Gasteiger partial charge in [-0.1, -0.05) is 12.1 Å². The number of amides is 1. The van der Waals surface area contributed by atoms with Crippen molar-refractivity contribution in [1.82, 2.24) is 15.3 Å². The van der Waals surface area contributed by atoms with Crippen LogP contribution in [0.3, 0.4) is 0 Å². The normalized spacial score (nSPS) is 17.6. The number of carbonyl (C=O) groups excluding carboxylic acids is 1. The summed E-state index contributed by atoms with van der Waals surface area (Å²) >= 11 is 0. The predicted molar refractivity (Wildman–Crippen MR) is 156 cm³/mol. The molecule has 2 aromatic heterocycles. The summed E-state index contributed by atoms with van der Waals surface area (Å²) in [5.41, 5.74) is 4.07. The van der Waals surface area contributed by atoms with Crippen LogP contribution >= 0.6 is 0 Å². The molecule has 2 aliphatic heterocycles. The number of piperidine rings is 2. The Morgan fingerprint density at radius 1 is 1.00 bits per heavy atom. The first-order valence-electron chi connectivity index (χ1n) is 14.1. The average molecular weight is 566 g/mol. The Bertz CT molecular complexity index is 1420. The number of aryl methyl sites for hydroxylation is 2. The Morgan fingerprint density at radius 2 is 1.70 bits per heavy atom. The zero-order chi connectivity index (χ0) is 28.3. The van der Waals surface area contributed by atoms with Crippen LogP contribution in [0.15, 0.2) is 47.1 Å². The number of hydrogen-bond donors (Lipinski definition) is 1. The van der Waals surface area contributed by atoms with Crippen LogP contribution < -0.4 is 15.1 Å². The number of rotatable bonds is 8. The Morgan fingerprint density at radius 3 is 2.33 bits per heavy atom. The summed E-state index contributed by atoms with van der Waals surface area (Å²) in [6, 6.07) is 9.84. The lowest BCUT2D eigenvalue weighted by atomic mass is 9.97. The van der Waals surface area contributed by atoms with E-state index in [-0.39, 0.29) is 17.6 Å². The summed E-state index contributed by atoms with van der Waals surface area (Å²) in [7, 11) is -3.03. The molecule has 10 heteroatoms. The number of benzene rings is 1. The van der Waals surface area contributed by atoms with E-state index in [2.05, 4.69) is 45.3 Å². The van der Waals surface area contributed by atoms with Crippen molar-refractivity contribution in [2.24, 2.45) is 0 Å². The Balaban J connectivity index is 1.30. The highest BCUT2D eigenvalue weighted by Gasteiger charge is 2.28. The molecular weight excluding hydrogens is 526 g/mol. The van der Waals surface area contributed by atoms with Crippen LogP contribution in [0.4, 0.5) is 11.6 Å². The van der Waals surface area contributed by atoms with E-state index >= 15 is 0 Å². The summed E-state index contributed by atoms with van der Waals surface area (Å²) in [5.74, 6) is 1.92. The van der Waals surface area contributed by atoms with Crippen molar-refractivity contribution in [3.8, 4) is 0 Å². The molecule has 1 atom stereocenters. The van der Waals surface area contributed by atoms with Crippen LogP contribution in [0.2, 0.25) is 0 Å². The van der Waals surface area contributed by atoms with Gasteiger partial charge in [0.25, 0.3) is 0 Å². The molecule has 0 radical (unpaired) electrons. The highest BCUT2D eigenvalue weighted by Crippen LogP contribution is 2.34. The quantitative estimate of drug-likeness (QED) is 0.434. The van der Waals surface area contributed by atoms with Gasteiger partial charge in [0.15, 0.2) is 0 Å². The van der Waals surface area contributed by atoms with Gasteiger partial charge in [0.2, 0.25) is 11.9 Å². The molecule has 0 aliphatic carbocycles. The van der Waals surface area contributed by atoms with Crippen molar-refractivity contribution in [3.63, 3.8) is 0 Å². The van der Waals surface area contributed by atoms with Crippen molar-refractivity contribution in [2.45, 2.75) is 63.7 Å². The van der Waals surface area contributed by atoms with Crippen LogP contribution in [0.25, 0.3) is 0 Å². The summed E-state index contributed by atoms with van der Waals surface area (Å²) in [6.45, 7) is 7.20. The second-order valence-electron chi connectivity index (χ2n) is 11.1. The molecule has 9 nitrogen and oxygen atoms in total. The van der Waals surface area contributed by atoms with E-state index in [1.807, 2.05) is 24.0 Å². The molecule has 3 aromatic rings. The second-order valence-corrected chi connectivity index (χ2v) is 13.5. The molecule has 0 saturated carbocycles. The maximum Gasteiger partial charge on any atom is 0.225 e. The lowest BCUT2D eigenvalue weighted by Crippen LogP contribution is -2.39. The highest BCUT2D eigenvalue weighted by atomic mass is 32.2. The number of carbonyl (C=O) groups is 1. The largest absolute Gasteiger partial charge is 0.464 e. The molecule has 5 rings (SSSR count). The first-order chi connectivity index (χ1) is 19.2. The number of furan rings is 1. The van der Waals surface area contributed by atoms with Crippen LogP contribution in [0.1, 0.15) is 66.4 Å². The van der Waals surface area contributed by atoms with Crippen molar-refractivity contribution in [3.05, 3.63) is 70.9 Å². The fourth-order valence-corrected chi connectivity index (χ4v) is 6.77. The van der Waals surface area contributed by atoms with E-state index in [9.17, 15) is 13.2 Å². The van der Waals surface area contributed by atoms with E-state index < -0.39 is 15.9 Å². The second kappa shape index (κ2) is 12.0. The van der Waals surface area contributed by atoms with Gasteiger partial charge in [-0.3, -0.25) is 4.79 Å². The summed E-state index contributed by atoms with van der Waals surface area (Å²) in [4.78, 5) is 26.8. The summed E-state index contributed by atoms with van der Waals surface area (Å²) in [6.07, 6.45) is 9.51. The van der Waals surface area contributed by atoms with E-state index in [0.717, 1.165) is 42.9 Å². The van der Waals surface area contributed by atoms with E-state index in [4.69, 9.17) is 4.42 Å². The number of aromatic nitrogens is 2. The summed E-state index contributed by atoms with van der Waals surface area (Å²) in [5, 5.41) is 2.92. The molecule has 40 heavy (non-hydrogen) atoms. The van der Waals surface area contributed by atoms with Crippen molar-refractivity contribution in [2.75, 3.05) is 42.2 Å². The highest BCUT2D eigenvalue weighted by molar-refractivity contribution is 7.91. The van der Waals surface area contributed by atoms with Gasteiger partial charge in [-0.2, -0.15) is 0 Å². The molecule has 4 heterocycles. The van der Waals surface area contributed by atoms with Gasteiger partial charge in [0, 0.05) is 56.1 Å². The van der Waals surface area contributed by atoms with Crippen LogP contribution in [0, 0.1) is 13.8 Å². The zero-order valence-electron chi connectivity index (χ0n) is 23.6. The number of hydrogen-bond acceptors (Lipinski definition) is 8. The van der Waals surface area contributed by atoms with Crippen LogP contribution in [-0.4, -0.2) is 62.0 Å². The topological polar surface area (TPSA) is 109 Å². The minimum Gasteiger partial charge on any atom is -0.464 e. The van der Waals surface area contributed by atoms with Gasteiger partial charge in [0.1, 0.15) is 27.4 Å². The van der Waals surface area contributed by atoms with Crippen molar-refractivity contribution < 1.29 is 17.6 Å². The number of sulfone groups is 1. The average Bonchev–Trinajstić information content (AvgIpc) is 3.38. The van der Waals surface area contributed by atoms with E-state index in [1.54, 1.807) is 12.4 Å². The Labute approximate surface area is 236 Å². The molecule has 2 saturated heterocycles. The Kier molecular flexibility index (Phi) is 8.44. The SMILES string of the molecule is Cc1ccc(C(NC(=O)Cc2cnc(N3CCC(S(C)(=O)=O)CC3)nc2)c2ccc(C)o2)c(N2CCCCC2)c1. The first kappa shape index (κ1) is 28.1. The van der Waals surface area contributed by atoms with Crippen LogP contribution in [0.5, 0.6) is 0 Å². The molecule has 2 fully saturated rings. The maximum absolute atomic E-state index is 13.4. The lowest BCUT2D eigenvalue weighted by molar-refractivity contribution is -0.121. The molecule has 1 aromatic carbocycles. The van der Waals surface area contributed by atoms with Gasteiger partial charge in [-0.15, -0.1) is 0 Å². The molecule has 2 aliphatic rings. The third-order valence-corrected chi connectivity index (χ3v) is 9.61. The van der Waals surface area contributed by atoms with Gasteiger partial charge in [0.05, 0.1) is 11.7 Å². The molecule has 214 valence electrons. The predicted octanol–water partition coefficient (Wildman–Crippen LogP) is 4.14. The Hall–Kier alpha value is -3.40. The first-order valence-corrected chi connectivity index (χ1v) is 16.1. The maximum atomic E-state index is 13.4. The monoisotopic (exact) mass is 565 g/mol. The molecule has 1 N–H and O–H groups in total. The van der Waals surface area contributed by atoms with Crippen molar-refractivity contribution in [1.29, 1.82) is 0 Å². The third kappa shape index (κ3) is 6.66. The fraction of sp³-hybridized carbons (Fsp3) is 0.500. The van der Waals surface area contributed by atoms with E-state index in [1.165, 1.54) is 18.2 Å². The summed E-state index contributed by atoms with van der Waals surface area (Å²) < 4.78 is 29.7. The third-order valence-electron chi connectivity index (χ3n) is 7.93. The van der Waals surface area contributed by atoms with E-state index in [0.29, 0.717) is 43.2 Å². The van der Waals surface area contributed by atoms with Gasteiger partial charge in [-0.05, 0) is 75.3 Å². The van der Waals surface area contributed by atoms with Crippen LogP contribution in [-0.2, 0) is 21.1 Å². The minimum absolute atomic E-state index is 0.136. The van der Waals surface area contributed by atoms with Crippen molar-refractivity contribution >= 4 is 27.4 Å². The van der Waals surface area contributed by atoms with Gasteiger partial charge in [-0.25, -0.2) is 18.4 Å². The number of anilines is 2. The molecule has 1 amide bonds. The molecule has 0 spiro atoms.